The molecule has 1 aliphatic heterocycles. The Morgan fingerprint density at radius 3 is 2.31 bits per heavy atom. The van der Waals surface area contributed by atoms with Crippen LogP contribution in [0.5, 0.6) is 0 Å². The summed E-state index contributed by atoms with van der Waals surface area (Å²) in [5.41, 5.74) is 1.59. The van der Waals surface area contributed by atoms with Gasteiger partial charge in [0.2, 0.25) is 5.78 Å². The van der Waals surface area contributed by atoms with E-state index in [1.54, 1.807) is 72.8 Å². The van der Waals surface area contributed by atoms with E-state index >= 15 is 0 Å². The van der Waals surface area contributed by atoms with Gasteiger partial charge in [-0.2, -0.15) is 0 Å². The maximum Gasteiger partial charge on any atom is 0.294 e. The lowest BCUT2D eigenvalue weighted by molar-refractivity contribution is -0.117. The molecule has 5 rings (SSSR count). The molecule has 1 aromatic heterocycles. The van der Waals surface area contributed by atoms with Crippen molar-refractivity contribution in [2.75, 3.05) is 4.90 Å². The van der Waals surface area contributed by atoms with Crippen molar-refractivity contribution in [2.24, 2.45) is 0 Å². The zero-order valence-corrected chi connectivity index (χ0v) is 18.0. The van der Waals surface area contributed by atoms with Gasteiger partial charge in [0.15, 0.2) is 11.5 Å². The molecule has 0 saturated carbocycles. The topological polar surface area (TPSA) is 70.8 Å². The summed E-state index contributed by atoms with van der Waals surface area (Å²) >= 11 is 12.0. The molecule has 0 fully saturated rings. The molecular formula is C25H15Cl2NO4. The third-order valence-electron chi connectivity index (χ3n) is 5.38. The highest BCUT2D eigenvalue weighted by atomic mass is 35.5. The number of hydrogen-bond donors (Lipinski definition) is 1. The average molecular weight is 464 g/mol. The SMILES string of the molecule is O=C(C1=C(O)C(=O)N(c2ccc(Cl)cc2)C1c1ccccc1)c1cc2cc(Cl)ccc2o1. The van der Waals surface area contributed by atoms with Crippen molar-refractivity contribution >= 4 is 51.5 Å². The lowest BCUT2D eigenvalue weighted by atomic mass is 9.95. The number of amides is 1. The molecule has 158 valence electrons. The number of anilines is 1. The van der Waals surface area contributed by atoms with Gasteiger partial charge in [-0.05, 0) is 54.1 Å². The number of aliphatic hydroxyl groups is 1. The van der Waals surface area contributed by atoms with E-state index in [9.17, 15) is 14.7 Å². The Bertz CT molecular complexity index is 1390. The number of aliphatic hydroxyl groups excluding tert-OH is 1. The van der Waals surface area contributed by atoms with Crippen LogP contribution in [0, 0.1) is 0 Å². The molecule has 0 aliphatic carbocycles. The number of furan rings is 1. The maximum atomic E-state index is 13.5. The van der Waals surface area contributed by atoms with Crippen molar-refractivity contribution < 1.29 is 19.1 Å². The molecule has 3 aromatic carbocycles. The van der Waals surface area contributed by atoms with E-state index in [2.05, 4.69) is 0 Å². The number of nitrogens with zero attached hydrogens (tertiary/aromatic N) is 1. The van der Waals surface area contributed by atoms with E-state index in [1.807, 2.05) is 6.07 Å². The molecule has 0 radical (unpaired) electrons. The minimum absolute atomic E-state index is 0.00973. The number of carbonyl (C=O) groups is 2. The second-order valence-corrected chi connectivity index (χ2v) is 8.22. The lowest BCUT2D eigenvalue weighted by Crippen LogP contribution is -2.31. The number of rotatable bonds is 4. The maximum absolute atomic E-state index is 13.5. The molecule has 2 heterocycles. The van der Waals surface area contributed by atoms with Crippen molar-refractivity contribution in [3.05, 3.63) is 112 Å². The van der Waals surface area contributed by atoms with Gasteiger partial charge in [0.05, 0.1) is 11.6 Å². The van der Waals surface area contributed by atoms with E-state index in [1.165, 1.54) is 4.90 Å². The van der Waals surface area contributed by atoms with Gasteiger partial charge in [-0.25, -0.2) is 0 Å². The highest BCUT2D eigenvalue weighted by Gasteiger charge is 2.45. The van der Waals surface area contributed by atoms with Gasteiger partial charge >= 0.3 is 0 Å². The number of halogens is 2. The second-order valence-electron chi connectivity index (χ2n) is 7.35. The smallest absolute Gasteiger partial charge is 0.294 e. The van der Waals surface area contributed by atoms with Gasteiger partial charge in [0, 0.05) is 21.1 Å². The fourth-order valence-electron chi connectivity index (χ4n) is 3.91. The van der Waals surface area contributed by atoms with Crippen LogP contribution in [0.1, 0.15) is 22.2 Å². The van der Waals surface area contributed by atoms with Crippen LogP contribution in [0.2, 0.25) is 10.0 Å². The summed E-state index contributed by atoms with van der Waals surface area (Å²) < 4.78 is 5.72. The monoisotopic (exact) mass is 463 g/mol. The molecule has 7 heteroatoms. The van der Waals surface area contributed by atoms with E-state index < -0.39 is 23.5 Å². The molecule has 1 unspecified atom stereocenters. The van der Waals surface area contributed by atoms with Gasteiger partial charge < -0.3 is 9.52 Å². The van der Waals surface area contributed by atoms with Gasteiger partial charge in [-0.3, -0.25) is 14.5 Å². The van der Waals surface area contributed by atoms with Crippen LogP contribution in [0.25, 0.3) is 11.0 Å². The summed E-state index contributed by atoms with van der Waals surface area (Å²) in [6.07, 6.45) is 0. The molecule has 5 nitrogen and oxygen atoms in total. The fraction of sp³-hybridized carbons (Fsp3) is 0.0400. The van der Waals surface area contributed by atoms with Gasteiger partial charge in [-0.1, -0.05) is 53.5 Å². The summed E-state index contributed by atoms with van der Waals surface area (Å²) in [5, 5.41) is 12.5. The van der Waals surface area contributed by atoms with Crippen LogP contribution in [0.15, 0.2) is 94.6 Å². The van der Waals surface area contributed by atoms with E-state index in [0.717, 1.165) is 0 Å². The first-order valence-corrected chi connectivity index (χ1v) is 10.5. The van der Waals surface area contributed by atoms with Crippen LogP contribution in [0.4, 0.5) is 5.69 Å². The van der Waals surface area contributed by atoms with Gasteiger partial charge in [0.25, 0.3) is 5.91 Å². The Kier molecular flexibility index (Phi) is 5.00. The first-order chi connectivity index (χ1) is 15.4. The summed E-state index contributed by atoms with van der Waals surface area (Å²) in [6.45, 7) is 0. The Labute approximate surface area is 193 Å². The van der Waals surface area contributed by atoms with E-state index in [4.69, 9.17) is 27.6 Å². The summed E-state index contributed by atoms with van der Waals surface area (Å²) in [6, 6.07) is 21.4. The molecular weight excluding hydrogens is 449 g/mol. The van der Waals surface area contributed by atoms with E-state index in [0.29, 0.717) is 32.3 Å². The molecule has 1 atom stereocenters. The van der Waals surface area contributed by atoms with Crippen LogP contribution < -0.4 is 4.90 Å². The van der Waals surface area contributed by atoms with Crippen LogP contribution in [0.3, 0.4) is 0 Å². The van der Waals surface area contributed by atoms with Crippen molar-refractivity contribution in [3.8, 4) is 0 Å². The molecule has 1 amide bonds. The molecule has 0 bridgehead atoms. The minimum Gasteiger partial charge on any atom is -0.503 e. The molecule has 32 heavy (non-hydrogen) atoms. The van der Waals surface area contributed by atoms with Crippen LogP contribution in [-0.4, -0.2) is 16.8 Å². The molecule has 0 spiro atoms. The third kappa shape index (κ3) is 3.36. The van der Waals surface area contributed by atoms with Crippen molar-refractivity contribution in [2.45, 2.75) is 6.04 Å². The lowest BCUT2D eigenvalue weighted by Gasteiger charge is -2.26. The summed E-state index contributed by atoms with van der Waals surface area (Å²) in [5.74, 6) is -1.86. The summed E-state index contributed by atoms with van der Waals surface area (Å²) in [7, 11) is 0. The third-order valence-corrected chi connectivity index (χ3v) is 5.86. The van der Waals surface area contributed by atoms with Crippen molar-refractivity contribution in [3.63, 3.8) is 0 Å². The molecule has 1 N–H and O–H groups in total. The zero-order valence-electron chi connectivity index (χ0n) is 16.5. The molecule has 1 aliphatic rings. The molecule has 4 aromatic rings. The number of Topliss-reactive ketones (excluding diaryl/α,β-unsaturated/α-hetero) is 1. The second kappa shape index (κ2) is 7.86. The van der Waals surface area contributed by atoms with E-state index in [-0.39, 0.29) is 11.3 Å². The number of hydrogen-bond acceptors (Lipinski definition) is 4. The standard InChI is InChI=1S/C25H15Cl2NO4/c26-16-6-9-18(10-7-16)28-22(14-4-2-1-3-5-14)21(24(30)25(28)31)23(29)20-13-15-12-17(27)8-11-19(15)32-20/h1-13,22,30H. The largest absolute Gasteiger partial charge is 0.503 e. The Hall–Kier alpha value is -3.54. The van der Waals surface area contributed by atoms with Crippen molar-refractivity contribution in [1.82, 2.24) is 0 Å². The predicted octanol–water partition coefficient (Wildman–Crippen LogP) is 6.52. The highest BCUT2D eigenvalue weighted by molar-refractivity contribution is 6.31. The first-order valence-electron chi connectivity index (χ1n) is 9.75. The Balaban J connectivity index is 1.65. The highest BCUT2D eigenvalue weighted by Crippen LogP contribution is 2.42. The first kappa shape index (κ1) is 20.4. The average Bonchev–Trinajstić information content (AvgIpc) is 3.33. The van der Waals surface area contributed by atoms with Crippen LogP contribution >= 0.6 is 23.2 Å². The van der Waals surface area contributed by atoms with Crippen LogP contribution in [-0.2, 0) is 4.79 Å². The number of fused-ring (bicyclic) bond motifs is 1. The van der Waals surface area contributed by atoms with Gasteiger partial charge in [-0.15, -0.1) is 0 Å². The van der Waals surface area contributed by atoms with Crippen molar-refractivity contribution in [1.29, 1.82) is 0 Å². The van der Waals surface area contributed by atoms with Gasteiger partial charge in [0.1, 0.15) is 5.58 Å². The fourth-order valence-corrected chi connectivity index (χ4v) is 4.22. The number of carbonyl (C=O) groups excluding carboxylic acids is 2. The summed E-state index contributed by atoms with van der Waals surface area (Å²) in [4.78, 5) is 28.0. The predicted molar refractivity (Wildman–Crippen MR) is 123 cm³/mol. The molecule has 0 saturated heterocycles. The zero-order chi connectivity index (χ0) is 22.4. The normalized spacial score (nSPS) is 16.2. The Morgan fingerprint density at radius 2 is 1.59 bits per heavy atom. The number of ketones is 1. The minimum atomic E-state index is -0.839. The number of benzene rings is 3. The Morgan fingerprint density at radius 1 is 0.906 bits per heavy atom. The quantitative estimate of drug-likeness (QED) is 0.349.